The largest absolute Gasteiger partial charge is 0.497 e. The van der Waals surface area contributed by atoms with Crippen LogP contribution in [0.25, 0.3) is 10.2 Å². The quantitative estimate of drug-likeness (QED) is 0.463. The van der Waals surface area contributed by atoms with Crippen molar-refractivity contribution in [2.75, 3.05) is 44.9 Å². The van der Waals surface area contributed by atoms with Gasteiger partial charge >= 0.3 is 0 Å². The number of carbonyl (C=O) groups is 1. The minimum atomic E-state index is -3.61. The van der Waals surface area contributed by atoms with Crippen LogP contribution in [-0.4, -0.2) is 64.3 Å². The van der Waals surface area contributed by atoms with Crippen LogP contribution in [-0.2, 0) is 14.6 Å². The summed E-state index contributed by atoms with van der Waals surface area (Å²) in [5.74, 6) is -0.00205. The molecule has 0 spiro atoms. The van der Waals surface area contributed by atoms with E-state index in [1.54, 1.807) is 35.2 Å². The van der Waals surface area contributed by atoms with Gasteiger partial charge in [-0.2, -0.15) is 0 Å². The van der Waals surface area contributed by atoms with E-state index in [1.165, 1.54) is 30.6 Å². The standard InChI is InChI=1S/C21H24ClN3O4S2/c1-24(2)11-12-25(21-23-18-9-4-15(22)14-19(18)30-21)20(26)10-13-31(27,28)17-7-5-16(29-3)6-8-17/h4-9,14H,10-13H2,1-3H3. The summed E-state index contributed by atoms with van der Waals surface area (Å²) >= 11 is 7.43. The first-order valence-corrected chi connectivity index (χ1v) is 12.4. The van der Waals surface area contributed by atoms with Crippen LogP contribution in [0.4, 0.5) is 5.13 Å². The van der Waals surface area contributed by atoms with Gasteiger partial charge in [-0.15, -0.1) is 0 Å². The van der Waals surface area contributed by atoms with Crippen molar-refractivity contribution < 1.29 is 17.9 Å². The number of methoxy groups -OCH3 is 1. The highest BCUT2D eigenvalue weighted by Crippen LogP contribution is 2.31. The first-order chi connectivity index (χ1) is 14.7. The predicted molar refractivity (Wildman–Crippen MR) is 125 cm³/mol. The van der Waals surface area contributed by atoms with Gasteiger partial charge < -0.3 is 9.64 Å². The molecule has 0 saturated heterocycles. The Morgan fingerprint density at radius 1 is 1.13 bits per heavy atom. The normalized spacial score (nSPS) is 11.8. The molecule has 0 aliphatic heterocycles. The Balaban J connectivity index is 1.78. The van der Waals surface area contributed by atoms with E-state index in [1.807, 2.05) is 19.0 Å². The van der Waals surface area contributed by atoms with Gasteiger partial charge in [-0.3, -0.25) is 9.69 Å². The number of amides is 1. The van der Waals surface area contributed by atoms with Crippen LogP contribution < -0.4 is 9.64 Å². The van der Waals surface area contributed by atoms with Crippen molar-refractivity contribution in [2.45, 2.75) is 11.3 Å². The predicted octanol–water partition coefficient (Wildman–Crippen LogP) is 3.72. The Labute approximate surface area is 191 Å². The summed E-state index contributed by atoms with van der Waals surface area (Å²) in [6, 6.07) is 11.5. The zero-order chi connectivity index (χ0) is 22.6. The van der Waals surface area contributed by atoms with Crippen molar-refractivity contribution in [1.82, 2.24) is 9.88 Å². The lowest BCUT2D eigenvalue weighted by molar-refractivity contribution is -0.118. The Hall–Kier alpha value is -2.20. The summed E-state index contributed by atoms with van der Waals surface area (Å²) < 4.78 is 31.3. The first kappa shape index (κ1) is 23.5. The fourth-order valence-corrected chi connectivity index (χ4v) is 5.40. The molecule has 0 atom stereocenters. The number of halogens is 1. The molecule has 1 aromatic heterocycles. The summed E-state index contributed by atoms with van der Waals surface area (Å²) in [6.45, 7) is 1.02. The molecule has 0 saturated carbocycles. The number of nitrogens with zero attached hydrogens (tertiary/aromatic N) is 3. The molecule has 1 amide bonds. The zero-order valence-electron chi connectivity index (χ0n) is 17.5. The van der Waals surface area contributed by atoms with Crippen LogP contribution >= 0.6 is 22.9 Å². The summed E-state index contributed by atoms with van der Waals surface area (Å²) in [6.07, 6.45) is -0.140. The smallest absolute Gasteiger partial charge is 0.229 e. The number of benzene rings is 2. The molecule has 7 nitrogen and oxygen atoms in total. The highest BCUT2D eigenvalue weighted by molar-refractivity contribution is 7.91. The van der Waals surface area contributed by atoms with E-state index in [4.69, 9.17) is 16.3 Å². The molecular formula is C21H24ClN3O4S2. The van der Waals surface area contributed by atoms with Crippen molar-refractivity contribution >= 4 is 54.0 Å². The molecule has 1 heterocycles. The van der Waals surface area contributed by atoms with Crippen LogP contribution in [0.2, 0.25) is 5.02 Å². The van der Waals surface area contributed by atoms with Gasteiger partial charge in [-0.05, 0) is 56.6 Å². The van der Waals surface area contributed by atoms with Crippen molar-refractivity contribution in [3.63, 3.8) is 0 Å². The molecule has 0 N–H and O–H groups in total. The zero-order valence-corrected chi connectivity index (χ0v) is 19.9. The number of carbonyl (C=O) groups excluding carboxylic acids is 1. The molecule has 10 heteroatoms. The van der Waals surface area contributed by atoms with E-state index in [9.17, 15) is 13.2 Å². The molecule has 31 heavy (non-hydrogen) atoms. The lowest BCUT2D eigenvalue weighted by Gasteiger charge is -2.22. The Kier molecular flexibility index (Phi) is 7.53. The molecule has 0 fully saturated rings. The lowest BCUT2D eigenvalue weighted by atomic mass is 10.3. The molecule has 166 valence electrons. The van der Waals surface area contributed by atoms with Crippen molar-refractivity contribution in [3.05, 3.63) is 47.5 Å². The number of hydrogen-bond donors (Lipinski definition) is 0. The number of likely N-dealkylation sites (N-methyl/N-ethyl adjacent to an activating group) is 1. The average molecular weight is 482 g/mol. The number of sulfone groups is 1. The maximum Gasteiger partial charge on any atom is 0.229 e. The fraction of sp³-hybridized carbons (Fsp3) is 0.333. The number of ether oxygens (including phenoxy) is 1. The van der Waals surface area contributed by atoms with Crippen molar-refractivity contribution in [1.29, 1.82) is 0 Å². The number of hydrogen-bond acceptors (Lipinski definition) is 7. The average Bonchev–Trinajstić information content (AvgIpc) is 3.15. The topological polar surface area (TPSA) is 79.8 Å². The maximum absolute atomic E-state index is 13.0. The highest BCUT2D eigenvalue weighted by atomic mass is 35.5. The molecular weight excluding hydrogens is 458 g/mol. The van der Waals surface area contributed by atoms with Crippen LogP contribution in [0.1, 0.15) is 6.42 Å². The minimum Gasteiger partial charge on any atom is -0.497 e. The van der Waals surface area contributed by atoms with Gasteiger partial charge in [0.05, 0.1) is 28.0 Å². The molecule has 0 radical (unpaired) electrons. The maximum atomic E-state index is 13.0. The van der Waals surface area contributed by atoms with Gasteiger partial charge in [0.2, 0.25) is 5.91 Å². The van der Waals surface area contributed by atoms with Gasteiger partial charge in [0, 0.05) is 24.5 Å². The SMILES string of the molecule is COc1ccc(S(=O)(=O)CCC(=O)N(CCN(C)C)c2nc3ccc(Cl)cc3s2)cc1. The third-order valence-corrected chi connectivity index (χ3v) is 7.65. The Morgan fingerprint density at radius 2 is 1.84 bits per heavy atom. The van der Waals surface area contributed by atoms with Crippen LogP contribution in [0, 0.1) is 0 Å². The van der Waals surface area contributed by atoms with E-state index < -0.39 is 9.84 Å². The third-order valence-electron chi connectivity index (χ3n) is 4.65. The van der Waals surface area contributed by atoms with E-state index in [-0.39, 0.29) is 23.0 Å². The molecule has 3 aromatic rings. The van der Waals surface area contributed by atoms with Crippen molar-refractivity contribution in [3.8, 4) is 5.75 Å². The molecule has 0 bridgehead atoms. The Morgan fingerprint density at radius 3 is 2.48 bits per heavy atom. The fourth-order valence-electron chi connectivity index (χ4n) is 2.89. The molecule has 0 aliphatic rings. The Bertz CT molecular complexity index is 1160. The summed E-state index contributed by atoms with van der Waals surface area (Å²) in [4.78, 5) is 21.3. The molecule has 3 rings (SSSR count). The van der Waals surface area contributed by atoms with Gasteiger partial charge in [0.1, 0.15) is 5.75 Å². The summed E-state index contributed by atoms with van der Waals surface area (Å²) in [5.41, 5.74) is 0.748. The third kappa shape index (κ3) is 5.94. The summed E-state index contributed by atoms with van der Waals surface area (Å²) in [7, 11) is 1.73. The second-order valence-electron chi connectivity index (χ2n) is 7.20. The van der Waals surface area contributed by atoms with E-state index in [0.717, 1.165) is 10.2 Å². The number of thiazole rings is 1. The van der Waals surface area contributed by atoms with Crippen LogP contribution in [0.5, 0.6) is 5.75 Å². The number of fused-ring (bicyclic) bond motifs is 1. The van der Waals surface area contributed by atoms with Gasteiger partial charge in [0.15, 0.2) is 15.0 Å². The van der Waals surface area contributed by atoms with Gasteiger partial charge in [-0.25, -0.2) is 13.4 Å². The van der Waals surface area contributed by atoms with Gasteiger partial charge in [0.25, 0.3) is 0 Å². The molecule has 0 aliphatic carbocycles. The minimum absolute atomic E-state index is 0.140. The monoisotopic (exact) mass is 481 g/mol. The second kappa shape index (κ2) is 9.95. The lowest BCUT2D eigenvalue weighted by Crippen LogP contribution is -2.37. The number of anilines is 1. The van der Waals surface area contributed by atoms with Crippen LogP contribution in [0.15, 0.2) is 47.4 Å². The second-order valence-corrected chi connectivity index (χ2v) is 10.8. The molecule has 0 unspecified atom stereocenters. The van der Waals surface area contributed by atoms with E-state index >= 15 is 0 Å². The van der Waals surface area contributed by atoms with Crippen LogP contribution in [0.3, 0.4) is 0 Å². The summed E-state index contributed by atoms with van der Waals surface area (Å²) in [5, 5.41) is 1.13. The molecule has 2 aromatic carbocycles. The van der Waals surface area contributed by atoms with E-state index in [0.29, 0.717) is 29.0 Å². The van der Waals surface area contributed by atoms with Crippen molar-refractivity contribution in [2.24, 2.45) is 0 Å². The number of aromatic nitrogens is 1. The number of rotatable bonds is 9. The first-order valence-electron chi connectivity index (χ1n) is 9.57. The highest BCUT2D eigenvalue weighted by Gasteiger charge is 2.23. The van der Waals surface area contributed by atoms with Gasteiger partial charge in [-0.1, -0.05) is 22.9 Å². The van der Waals surface area contributed by atoms with E-state index in [2.05, 4.69) is 4.98 Å².